The van der Waals surface area contributed by atoms with Gasteiger partial charge in [-0.15, -0.1) is 0 Å². The van der Waals surface area contributed by atoms with Crippen LogP contribution in [0.3, 0.4) is 0 Å². The monoisotopic (exact) mass is 149 g/mol. The molecule has 0 aromatic carbocycles. The van der Waals surface area contributed by atoms with Gasteiger partial charge in [-0.25, -0.2) is 0 Å². The highest BCUT2D eigenvalue weighted by Crippen LogP contribution is 2.54. The summed E-state index contributed by atoms with van der Waals surface area (Å²) in [6, 6.07) is 2.48. The molecule has 2 aliphatic carbocycles. The lowest BCUT2D eigenvalue weighted by molar-refractivity contribution is 0.231. The Morgan fingerprint density at radius 2 is 2.00 bits per heavy atom. The van der Waals surface area contributed by atoms with Gasteiger partial charge in [-0.05, 0) is 36.5 Å². The molecular formula is C10H15N. The topological polar surface area (TPSA) is 23.8 Å². The number of hydrogen-bond acceptors (Lipinski definition) is 1. The maximum absolute atomic E-state index is 8.93. The highest BCUT2D eigenvalue weighted by Gasteiger charge is 2.48. The van der Waals surface area contributed by atoms with Crippen LogP contribution in [-0.4, -0.2) is 0 Å². The Labute approximate surface area is 68.4 Å². The maximum Gasteiger partial charge on any atom is 0.0661 e. The molecule has 0 aliphatic heterocycles. The molecule has 11 heavy (non-hydrogen) atoms. The highest BCUT2D eigenvalue weighted by molar-refractivity contribution is 5.05. The number of fused-ring (bicyclic) bond motifs is 2. The SMILES string of the molecule is C[C@@H]1[C@@H]2C[C@@H]([C@@H]1C#N)[C@H](C)C2. The van der Waals surface area contributed by atoms with E-state index in [9.17, 15) is 0 Å². The Bertz CT molecular complexity index is 203. The molecule has 0 aromatic heterocycles. The zero-order valence-corrected chi connectivity index (χ0v) is 7.25. The third-order valence-corrected chi connectivity index (χ3v) is 3.90. The molecule has 1 heteroatoms. The van der Waals surface area contributed by atoms with Crippen molar-refractivity contribution in [2.75, 3.05) is 0 Å². The molecule has 1 nitrogen and oxygen atoms in total. The molecule has 0 amide bonds. The molecule has 2 aliphatic rings. The average molecular weight is 149 g/mol. The van der Waals surface area contributed by atoms with E-state index < -0.39 is 0 Å². The average Bonchev–Trinajstić information content (AvgIpc) is 2.45. The Kier molecular flexibility index (Phi) is 1.45. The lowest BCUT2D eigenvalue weighted by Gasteiger charge is -2.27. The lowest BCUT2D eigenvalue weighted by atomic mass is 9.76. The summed E-state index contributed by atoms with van der Waals surface area (Å²) >= 11 is 0. The number of nitriles is 1. The van der Waals surface area contributed by atoms with Crippen molar-refractivity contribution in [1.29, 1.82) is 5.26 Å². The first-order chi connectivity index (χ1) is 5.24. The summed E-state index contributed by atoms with van der Waals surface area (Å²) in [7, 11) is 0. The van der Waals surface area contributed by atoms with E-state index in [1.54, 1.807) is 0 Å². The van der Waals surface area contributed by atoms with E-state index in [4.69, 9.17) is 5.26 Å². The van der Waals surface area contributed by atoms with Gasteiger partial charge >= 0.3 is 0 Å². The van der Waals surface area contributed by atoms with Gasteiger partial charge in [0, 0.05) is 0 Å². The molecule has 2 rings (SSSR count). The van der Waals surface area contributed by atoms with E-state index in [1.807, 2.05) is 0 Å². The fourth-order valence-corrected chi connectivity index (χ4v) is 3.16. The molecule has 2 saturated carbocycles. The molecule has 0 heterocycles. The summed E-state index contributed by atoms with van der Waals surface area (Å²) in [5.74, 6) is 3.49. The first kappa shape index (κ1) is 7.16. The van der Waals surface area contributed by atoms with Crippen molar-refractivity contribution in [3.8, 4) is 6.07 Å². The molecular weight excluding hydrogens is 134 g/mol. The molecule has 0 N–H and O–H groups in total. The van der Waals surface area contributed by atoms with E-state index in [-0.39, 0.29) is 0 Å². The van der Waals surface area contributed by atoms with E-state index in [0.717, 1.165) is 17.8 Å². The second-order valence-corrected chi connectivity index (χ2v) is 4.39. The van der Waals surface area contributed by atoms with Crippen LogP contribution in [0.15, 0.2) is 0 Å². The number of rotatable bonds is 0. The molecule has 60 valence electrons. The minimum atomic E-state index is 0.378. The smallest absolute Gasteiger partial charge is 0.0661 e. The van der Waals surface area contributed by atoms with Crippen molar-refractivity contribution >= 4 is 0 Å². The summed E-state index contributed by atoms with van der Waals surface area (Å²) in [6.07, 6.45) is 2.71. The van der Waals surface area contributed by atoms with Gasteiger partial charge in [0.1, 0.15) is 0 Å². The Hall–Kier alpha value is -0.510. The molecule has 0 radical (unpaired) electrons. The van der Waals surface area contributed by atoms with E-state index in [1.165, 1.54) is 12.8 Å². The zero-order chi connectivity index (χ0) is 8.01. The highest BCUT2D eigenvalue weighted by atomic mass is 14.5. The van der Waals surface area contributed by atoms with Crippen molar-refractivity contribution in [2.24, 2.45) is 29.6 Å². The summed E-state index contributed by atoms with van der Waals surface area (Å²) in [6.45, 7) is 4.56. The van der Waals surface area contributed by atoms with E-state index >= 15 is 0 Å². The summed E-state index contributed by atoms with van der Waals surface area (Å²) in [5, 5.41) is 8.93. The van der Waals surface area contributed by atoms with Crippen LogP contribution < -0.4 is 0 Å². The third-order valence-electron chi connectivity index (χ3n) is 3.90. The molecule has 0 saturated heterocycles. The maximum atomic E-state index is 8.93. The van der Waals surface area contributed by atoms with Crippen LogP contribution in [0, 0.1) is 40.9 Å². The van der Waals surface area contributed by atoms with Crippen LogP contribution in [0.2, 0.25) is 0 Å². The fourth-order valence-electron chi connectivity index (χ4n) is 3.16. The van der Waals surface area contributed by atoms with Crippen molar-refractivity contribution in [2.45, 2.75) is 26.7 Å². The van der Waals surface area contributed by atoms with Crippen LogP contribution in [0.5, 0.6) is 0 Å². The second kappa shape index (κ2) is 2.24. The lowest BCUT2D eigenvalue weighted by Crippen LogP contribution is -2.23. The standard InChI is InChI=1S/C10H15N/c1-6-3-8-4-9(6)10(5-11)7(8)2/h6-10H,3-4H2,1-2H3/t6-,7-,8+,9-,10-/m1/s1. The van der Waals surface area contributed by atoms with Crippen LogP contribution in [0.1, 0.15) is 26.7 Å². The zero-order valence-electron chi connectivity index (χ0n) is 7.25. The van der Waals surface area contributed by atoms with E-state index in [2.05, 4.69) is 19.9 Å². The largest absolute Gasteiger partial charge is 0.198 e. The van der Waals surface area contributed by atoms with Gasteiger partial charge in [0.25, 0.3) is 0 Å². The second-order valence-electron chi connectivity index (χ2n) is 4.39. The minimum Gasteiger partial charge on any atom is -0.198 e. The number of nitrogens with zero attached hydrogens (tertiary/aromatic N) is 1. The van der Waals surface area contributed by atoms with Crippen molar-refractivity contribution < 1.29 is 0 Å². The third kappa shape index (κ3) is 0.819. The fraction of sp³-hybridized carbons (Fsp3) is 0.900. The molecule has 0 unspecified atom stereocenters. The minimum absolute atomic E-state index is 0.378. The van der Waals surface area contributed by atoms with Gasteiger partial charge in [0.15, 0.2) is 0 Å². The Balaban J connectivity index is 2.21. The molecule has 0 spiro atoms. The van der Waals surface area contributed by atoms with Gasteiger partial charge < -0.3 is 0 Å². The van der Waals surface area contributed by atoms with Crippen LogP contribution >= 0.6 is 0 Å². The summed E-state index contributed by atoms with van der Waals surface area (Å²) in [5.41, 5.74) is 0. The summed E-state index contributed by atoms with van der Waals surface area (Å²) in [4.78, 5) is 0. The Morgan fingerprint density at radius 3 is 2.45 bits per heavy atom. The van der Waals surface area contributed by atoms with Gasteiger partial charge in [-0.3, -0.25) is 0 Å². The van der Waals surface area contributed by atoms with Gasteiger partial charge in [0.05, 0.1) is 12.0 Å². The quantitative estimate of drug-likeness (QED) is 0.519. The van der Waals surface area contributed by atoms with Crippen LogP contribution in [0.25, 0.3) is 0 Å². The van der Waals surface area contributed by atoms with Crippen molar-refractivity contribution in [1.82, 2.24) is 0 Å². The van der Waals surface area contributed by atoms with Gasteiger partial charge in [-0.1, -0.05) is 13.8 Å². The van der Waals surface area contributed by atoms with Crippen molar-refractivity contribution in [3.05, 3.63) is 0 Å². The molecule has 2 bridgehead atoms. The Morgan fingerprint density at radius 1 is 1.27 bits per heavy atom. The van der Waals surface area contributed by atoms with Gasteiger partial charge in [0.2, 0.25) is 0 Å². The van der Waals surface area contributed by atoms with Crippen molar-refractivity contribution in [3.63, 3.8) is 0 Å². The predicted octanol–water partition coefficient (Wildman–Crippen LogP) is 2.44. The first-order valence-electron chi connectivity index (χ1n) is 4.63. The van der Waals surface area contributed by atoms with Crippen LogP contribution in [-0.2, 0) is 0 Å². The normalized spacial score (nSPS) is 54.5. The van der Waals surface area contributed by atoms with E-state index in [0.29, 0.717) is 11.8 Å². The molecule has 5 atom stereocenters. The first-order valence-corrected chi connectivity index (χ1v) is 4.63. The molecule has 0 aromatic rings. The summed E-state index contributed by atoms with van der Waals surface area (Å²) < 4.78 is 0. The van der Waals surface area contributed by atoms with Gasteiger partial charge in [-0.2, -0.15) is 5.26 Å². The molecule has 2 fully saturated rings. The predicted molar refractivity (Wildman–Crippen MR) is 43.6 cm³/mol. The number of hydrogen-bond donors (Lipinski definition) is 0. The van der Waals surface area contributed by atoms with Crippen LogP contribution in [0.4, 0.5) is 0 Å².